The van der Waals surface area contributed by atoms with Gasteiger partial charge in [0, 0.05) is 43.3 Å². The van der Waals surface area contributed by atoms with Crippen LogP contribution in [0.5, 0.6) is 0 Å². The quantitative estimate of drug-likeness (QED) is 0.731. The topological polar surface area (TPSA) is 26.8 Å². The van der Waals surface area contributed by atoms with Gasteiger partial charge in [-0.05, 0) is 43.1 Å². The Kier molecular flexibility index (Phi) is 6.58. The molecular weight excluding hydrogens is 342 g/mol. The molecule has 26 heavy (non-hydrogen) atoms. The highest BCUT2D eigenvalue weighted by molar-refractivity contribution is 7.98. The van der Waals surface area contributed by atoms with Crippen molar-refractivity contribution in [2.45, 2.75) is 11.4 Å². The van der Waals surface area contributed by atoms with Crippen molar-refractivity contribution in [3.8, 4) is 0 Å². The maximum absolute atomic E-state index is 12.6. The molecule has 1 aliphatic heterocycles. The Hall–Kier alpha value is -1.98. The van der Waals surface area contributed by atoms with Gasteiger partial charge >= 0.3 is 0 Å². The van der Waals surface area contributed by atoms with Gasteiger partial charge in [-0.3, -0.25) is 9.69 Å². The zero-order chi connectivity index (χ0) is 18.4. The smallest absolute Gasteiger partial charge is 0.236 e. The van der Waals surface area contributed by atoms with Crippen molar-refractivity contribution in [2.75, 3.05) is 50.9 Å². The third kappa shape index (κ3) is 5.02. The molecule has 0 N–H and O–H groups in total. The molecule has 1 amide bonds. The van der Waals surface area contributed by atoms with Crippen LogP contribution in [0.3, 0.4) is 0 Å². The lowest BCUT2D eigenvalue weighted by atomic mass is 10.2. The van der Waals surface area contributed by atoms with Crippen molar-refractivity contribution in [2.24, 2.45) is 0 Å². The summed E-state index contributed by atoms with van der Waals surface area (Å²) in [7, 11) is 2.01. The maximum atomic E-state index is 12.6. The molecule has 138 valence electrons. The lowest BCUT2D eigenvalue weighted by Crippen LogP contribution is -2.51. The van der Waals surface area contributed by atoms with Crippen molar-refractivity contribution in [1.29, 1.82) is 0 Å². The van der Waals surface area contributed by atoms with Crippen LogP contribution < -0.4 is 4.90 Å². The van der Waals surface area contributed by atoms with E-state index in [-0.39, 0.29) is 5.91 Å². The van der Waals surface area contributed by atoms with Gasteiger partial charge in [-0.1, -0.05) is 30.3 Å². The van der Waals surface area contributed by atoms with Crippen LogP contribution >= 0.6 is 11.8 Å². The average Bonchev–Trinajstić information content (AvgIpc) is 2.69. The second-order valence-corrected chi connectivity index (χ2v) is 7.60. The van der Waals surface area contributed by atoms with E-state index >= 15 is 0 Å². The lowest BCUT2D eigenvalue weighted by Gasteiger charge is -2.36. The van der Waals surface area contributed by atoms with Gasteiger partial charge in [-0.25, -0.2) is 0 Å². The van der Waals surface area contributed by atoms with E-state index in [1.165, 1.54) is 16.1 Å². The molecule has 0 saturated carbocycles. The Morgan fingerprint density at radius 3 is 2.27 bits per heavy atom. The van der Waals surface area contributed by atoms with E-state index in [9.17, 15) is 4.79 Å². The van der Waals surface area contributed by atoms with E-state index in [1.807, 2.05) is 18.0 Å². The van der Waals surface area contributed by atoms with Crippen LogP contribution in [0, 0.1) is 0 Å². The summed E-state index contributed by atoms with van der Waals surface area (Å²) in [6.07, 6.45) is 2.08. The SMILES string of the molecule is CSc1ccc(CN(C)CC(=O)N2CCN(c3ccccc3)CC2)cc1. The van der Waals surface area contributed by atoms with E-state index in [0.717, 1.165) is 32.7 Å². The Morgan fingerprint density at radius 2 is 1.65 bits per heavy atom. The van der Waals surface area contributed by atoms with Crippen LogP contribution in [0.15, 0.2) is 59.5 Å². The molecule has 0 aromatic heterocycles. The molecule has 1 saturated heterocycles. The van der Waals surface area contributed by atoms with Gasteiger partial charge in [0.15, 0.2) is 0 Å². The third-order valence-corrected chi connectivity index (χ3v) is 5.51. The summed E-state index contributed by atoms with van der Waals surface area (Å²) in [5, 5.41) is 0. The van der Waals surface area contributed by atoms with E-state index in [2.05, 4.69) is 64.6 Å². The van der Waals surface area contributed by atoms with E-state index in [1.54, 1.807) is 11.8 Å². The summed E-state index contributed by atoms with van der Waals surface area (Å²) >= 11 is 1.75. The predicted molar refractivity (Wildman–Crippen MR) is 110 cm³/mol. The standard InChI is InChI=1S/C21H27N3OS/c1-22(16-18-8-10-20(26-2)11-9-18)17-21(25)24-14-12-23(13-15-24)19-6-4-3-5-7-19/h3-11H,12-17H2,1-2H3. The van der Waals surface area contributed by atoms with E-state index in [0.29, 0.717) is 6.54 Å². The van der Waals surface area contributed by atoms with Crippen molar-refractivity contribution < 1.29 is 4.79 Å². The molecule has 2 aromatic carbocycles. The highest BCUT2D eigenvalue weighted by atomic mass is 32.2. The predicted octanol–water partition coefficient (Wildman–Crippen LogP) is 3.19. The molecule has 0 radical (unpaired) electrons. The monoisotopic (exact) mass is 369 g/mol. The molecule has 1 heterocycles. The number of thioether (sulfide) groups is 1. The number of nitrogens with zero attached hydrogens (tertiary/aromatic N) is 3. The second-order valence-electron chi connectivity index (χ2n) is 6.72. The first-order valence-corrected chi connectivity index (χ1v) is 10.3. The first kappa shape index (κ1) is 18.8. The van der Waals surface area contributed by atoms with Gasteiger partial charge in [0.2, 0.25) is 5.91 Å². The van der Waals surface area contributed by atoms with Crippen molar-refractivity contribution >= 4 is 23.4 Å². The Bertz CT molecular complexity index is 697. The number of carbonyl (C=O) groups excluding carboxylic acids is 1. The fourth-order valence-corrected chi connectivity index (χ4v) is 3.69. The Labute approximate surface area is 160 Å². The van der Waals surface area contributed by atoms with Crippen LogP contribution in [0.25, 0.3) is 0 Å². The summed E-state index contributed by atoms with van der Waals surface area (Å²) < 4.78 is 0. The minimum Gasteiger partial charge on any atom is -0.368 e. The highest BCUT2D eigenvalue weighted by Gasteiger charge is 2.22. The number of para-hydroxylation sites is 1. The second kappa shape index (κ2) is 9.10. The first-order valence-electron chi connectivity index (χ1n) is 9.05. The van der Waals surface area contributed by atoms with Gasteiger partial charge < -0.3 is 9.80 Å². The molecule has 2 aromatic rings. The van der Waals surface area contributed by atoms with Crippen LogP contribution in [0.4, 0.5) is 5.69 Å². The number of benzene rings is 2. The molecule has 0 unspecified atom stereocenters. The number of hydrogen-bond donors (Lipinski definition) is 0. The zero-order valence-electron chi connectivity index (χ0n) is 15.6. The molecule has 4 nitrogen and oxygen atoms in total. The van der Waals surface area contributed by atoms with Crippen molar-refractivity contribution in [1.82, 2.24) is 9.80 Å². The fourth-order valence-electron chi connectivity index (χ4n) is 3.28. The van der Waals surface area contributed by atoms with Gasteiger partial charge in [-0.15, -0.1) is 11.8 Å². The Balaban J connectivity index is 1.46. The molecule has 1 aliphatic rings. The number of rotatable bonds is 6. The number of hydrogen-bond acceptors (Lipinski definition) is 4. The van der Waals surface area contributed by atoms with E-state index < -0.39 is 0 Å². The maximum Gasteiger partial charge on any atom is 0.236 e. The van der Waals surface area contributed by atoms with Crippen molar-refractivity contribution in [3.05, 3.63) is 60.2 Å². The highest BCUT2D eigenvalue weighted by Crippen LogP contribution is 2.17. The molecule has 0 spiro atoms. The number of amides is 1. The molecule has 0 bridgehead atoms. The first-order chi connectivity index (χ1) is 12.7. The summed E-state index contributed by atoms with van der Waals surface area (Å²) in [5.41, 5.74) is 2.48. The molecule has 0 aliphatic carbocycles. The minimum absolute atomic E-state index is 0.223. The van der Waals surface area contributed by atoms with Gasteiger partial charge in [0.05, 0.1) is 6.54 Å². The zero-order valence-corrected chi connectivity index (χ0v) is 16.4. The Morgan fingerprint density at radius 1 is 1.00 bits per heavy atom. The third-order valence-electron chi connectivity index (χ3n) is 4.77. The van der Waals surface area contributed by atoms with E-state index in [4.69, 9.17) is 0 Å². The molecule has 3 rings (SSSR count). The average molecular weight is 370 g/mol. The molecule has 0 atom stereocenters. The summed E-state index contributed by atoms with van der Waals surface area (Å²) in [5.74, 6) is 0.223. The summed E-state index contributed by atoms with van der Waals surface area (Å²) in [6.45, 7) is 4.65. The molecule has 5 heteroatoms. The number of likely N-dealkylation sites (N-methyl/N-ethyl adjacent to an activating group) is 1. The van der Waals surface area contributed by atoms with Crippen LogP contribution in [0.2, 0.25) is 0 Å². The van der Waals surface area contributed by atoms with Crippen LogP contribution in [0.1, 0.15) is 5.56 Å². The molecule has 1 fully saturated rings. The largest absolute Gasteiger partial charge is 0.368 e. The summed E-state index contributed by atoms with van der Waals surface area (Å²) in [6, 6.07) is 19.0. The number of anilines is 1. The minimum atomic E-state index is 0.223. The number of piperazine rings is 1. The van der Waals surface area contributed by atoms with Gasteiger partial charge in [0.25, 0.3) is 0 Å². The van der Waals surface area contributed by atoms with Gasteiger partial charge in [-0.2, -0.15) is 0 Å². The van der Waals surface area contributed by atoms with Crippen molar-refractivity contribution in [3.63, 3.8) is 0 Å². The van der Waals surface area contributed by atoms with Crippen LogP contribution in [-0.2, 0) is 11.3 Å². The number of carbonyl (C=O) groups is 1. The fraction of sp³-hybridized carbons (Fsp3) is 0.381. The lowest BCUT2D eigenvalue weighted by molar-refractivity contribution is -0.132. The summed E-state index contributed by atoms with van der Waals surface area (Å²) in [4.78, 5) is 20.3. The molecular formula is C21H27N3OS. The van der Waals surface area contributed by atoms with Gasteiger partial charge in [0.1, 0.15) is 0 Å². The van der Waals surface area contributed by atoms with Crippen LogP contribution in [-0.4, -0.2) is 61.7 Å². The normalized spacial score (nSPS) is 14.7.